The molecule has 1 atom stereocenters. The number of methoxy groups -OCH3 is 1. The van der Waals surface area contributed by atoms with Crippen molar-refractivity contribution in [2.75, 3.05) is 12.8 Å². The van der Waals surface area contributed by atoms with Crippen molar-refractivity contribution >= 4 is 34.5 Å². The molecule has 3 rings (SSSR count). The minimum atomic E-state index is -0.323. The van der Waals surface area contributed by atoms with Gasteiger partial charge in [0.1, 0.15) is 5.02 Å². The van der Waals surface area contributed by atoms with Crippen LogP contribution in [0.25, 0.3) is 11.2 Å². The third-order valence-electron chi connectivity index (χ3n) is 3.69. The highest BCUT2D eigenvalue weighted by Crippen LogP contribution is 2.31. The molecule has 0 aliphatic rings. The molecule has 8 nitrogen and oxygen atoms in total. The first-order valence-corrected chi connectivity index (χ1v) is 8.45. The van der Waals surface area contributed by atoms with Crippen LogP contribution in [-0.4, -0.2) is 39.0 Å². The number of nitrogens with two attached hydrogens (primary N) is 1. The second-order valence-electron chi connectivity index (χ2n) is 5.74. The Morgan fingerprint density at radius 3 is 3.04 bits per heavy atom. The number of ether oxygens (including phenoxy) is 1. The lowest BCUT2D eigenvalue weighted by Crippen LogP contribution is -2.32. The van der Waals surface area contributed by atoms with Gasteiger partial charge in [0.2, 0.25) is 0 Å². The van der Waals surface area contributed by atoms with Crippen molar-refractivity contribution in [3.8, 4) is 17.6 Å². The second kappa shape index (κ2) is 7.93. The Bertz CT molecular complexity index is 1020. The van der Waals surface area contributed by atoms with Crippen molar-refractivity contribution in [3.05, 3.63) is 40.9 Å². The number of amides is 1. The quantitative estimate of drug-likeness (QED) is 0.593. The number of H-pyrrole nitrogens is 1. The highest BCUT2D eigenvalue weighted by Gasteiger charge is 2.14. The number of hydrogen-bond acceptors (Lipinski definition) is 6. The van der Waals surface area contributed by atoms with E-state index in [4.69, 9.17) is 22.1 Å². The zero-order chi connectivity index (χ0) is 19.4. The molecule has 3 heterocycles. The number of pyridine rings is 2. The van der Waals surface area contributed by atoms with Crippen LogP contribution in [0.4, 0.5) is 5.82 Å². The van der Waals surface area contributed by atoms with E-state index < -0.39 is 0 Å². The summed E-state index contributed by atoms with van der Waals surface area (Å²) in [6.07, 6.45) is 3.51. The zero-order valence-corrected chi connectivity index (χ0v) is 15.5. The number of imidazole rings is 1. The monoisotopic (exact) mass is 384 g/mol. The Hall–Kier alpha value is -3.31. The third-order valence-corrected chi connectivity index (χ3v) is 4.06. The number of rotatable bonds is 4. The first-order chi connectivity index (χ1) is 13.0. The topological polar surface area (TPSA) is 119 Å². The maximum Gasteiger partial charge on any atom is 0.287 e. The highest BCUT2D eigenvalue weighted by molar-refractivity contribution is 6.33. The van der Waals surface area contributed by atoms with Gasteiger partial charge < -0.3 is 20.8 Å². The Morgan fingerprint density at radius 1 is 1.48 bits per heavy atom. The van der Waals surface area contributed by atoms with Gasteiger partial charge in [0.25, 0.3) is 5.91 Å². The molecule has 9 heteroatoms. The number of carbonyl (C=O) groups excluding carboxylic acids is 1. The Labute approximate surface area is 160 Å². The number of hydrogen-bond donors (Lipinski definition) is 3. The van der Waals surface area contributed by atoms with Crippen molar-refractivity contribution in [2.45, 2.75) is 19.4 Å². The van der Waals surface area contributed by atoms with E-state index in [1.165, 1.54) is 13.3 Å². The van der Waals surface area contributed by atoms with E-state index in [-0.39, 0.29) is 23.6 Å². The van der Waals surface area contributed by atoms with Gasteiger partial charge in [-0.3, -0.25) is 4.79 Å². The van der Waals surface area contributed by atoms with Crippen LogP contribution < -0.4 is 15.8 Å². The number of aromatic nitrogens is 4. The lowest BCUT2D eigenvalue weighted by molar-refractivity contribution is 0.0931. The van der Waals surface area contributed by atoms with Gasteiger partial charge in [-0.05, 0) is 19.1 Å². The number of aromatic amines is 1. The van der Waals surface area contributed by atoms with E-state index in [1.807, 2.05) is 6.92 Å². The summed E-state index contributed by atoms with van der Waals surface area (Å²) in [5.74, 6) is 6.27. The first-order valence-electron chi connectivity index (χ1n) is 8.08. The van der Waals surface area contributed by atoms with Gasteiger partial charge in [-0.15, -0.1) is 0 Å². The van der Waals surface area contributed by atoms with Gasteiger partial charge in [-0.1, -0.05) is 23.4 Å². The fraction of sp³-hybridized carbons (Fsp3) is 0.222. The molecule has 0 fully saturated rings. The fourth-order valence-electron chi connectivity index (χ4n) is 2.36. The molecule has 0 radical (unpaired) electrons. The van der Waals surface area contributed by atoms with Gasteiger partial charge >= 0.3 is 0 Å². The van der Waals surface area contributed by atoms with Crippen molar-refractivity contribution in [3.63, 3.8) is 0 Å². The second-order valence-corrected chi connectivity index (χ2v) is 6.12. The van der Waals surface area contributed by atoms with E-state index in [9.17, 15) is 4.79 Å². The SMILES string of the molecule is COc1c(N)ncc(C#CC[C@H](C)NC(=O)c2nc3ncccc3[nH]2)c1Cl. The smallest absolute Gasteiger partial charge is 0.287 e. The molecular formula is C18H17ClN6O2. The predicted molar refractivity (Wildman–Crippen MR) is 103 cm³/mol. The van der Waals surface area contributed by atoms with Gasteiger partial charge in [-0.25, -0.2) is 15.0 Å². The van der Waals surface area contributed by atoms with Gasteiger partial charge in [0.05, 0.1) is 18.2 Å². The molecule has 0 aromatic carbocycles. The van der Waals surface area contributed by atoms with Crippen LogP contribution in [0.3, 0.4) is 0 Å². The molecule has 0 aliphatic heterocycles. The average molecular weight is 385 g/mol. The summed E-state index contributed by atoms with van der Waals surface area (Å²) < 4.78 is 5.11. The summed E-state index contributed by atoms with van der Waals surface area (Å²) in [6, 6.07) is 3.38. The van der Waals surface area contributed by atoms with Crippen LogP contribution in [0.1, 0.15) is 29.5 Å². The van der Waals surface area contributed by atoms with Crippen LogP contribution in [-0.2, 0) is 0 Å². The Kier molecular flexibility index (Phi) is 5.43. The Morgan fingerprint density at radius 2 is 2.30 bits per heavy atom. The molecule has 0 saturated carbocycles. The highest BCUT2D eigenvalue weighted by atomic mass is 35.5. The number of fused-ring (bicyclic) bond motifs is 1. The van der Waals surface area contributed by atoms with E-state index in [1.54, 1.807) is 18.3 Å². The van der Waals surface area contributed by atoms with Crippen molar-refractivity contribution in [1.82, 2.24) is 25.3 Å². The van der Waals surface area contributed by atoms with Gasteiger partial charge in [0, 0.05) is 24.9 Å². The summed E-state index contributed by atoms with van der Waals surface area (Å²) in [7, 11) is 1.46. The molecule has 4 N–H and O–H groups in total. The summed E-state index contributed by atoms with van der Waals surface area (Å²) in [6.45, 7) is 1.84. The van der Waals surface area contributed by atoms with Crippen LogP contribution in [0, 0.1) is 11.8 Å². The minimum Gasteiger partial charge on any atom is -0.491 e. The molecular weight excluding hydrogens is 368 g/mol. The van der Waals surface area contributed by atoms with Gasteiger partial charge in [0.15, 0.2) is 23.0 Å². The molecule has 0 saturated heterocycles. The summed E-state index contributed by atoms with van der Waals surface area (Å²) >= 11 is 6.20. The van der Waals surface area contributed by atoms with E-state index in [0.717, 1.165) is 0 Å². The molecule has 3 aromatic rings. The predicted octanol–water partition coefficient (Wildman–Crippen LogP) is 2.16. The first kappa shape index (κ1) is 18.5. The molecule has 138 valence electrons. The molecule has 3 aromatic heterocycles. The van der Waals surface area contributed by atoms with Crippen LogP contribution in [0.5, 0.6) is 5.75 Å². The fourth-order valence-corrected chi connectivity index (χ4v) is 2.63. The summed E-state index contributed by atoms with van der Waals surface area (Å²) in [5, 5.41) is 3.14. The number of carbonyl (C=O) groups is 1. The van der Waals surface area contributed by atoms with E-state index in [2.05, 4.69) is 37.1 Å². The maximum absolute atomic E-state index is 12.3. The molecule has 1 amide bonds. The standard InChI is InChI=1S/C18H17ClN6O2/c1-10(5-3-6-11-9-22-15(20)14(27-2)13(11)19)23-18(26)17-24-12-7-4-8-21-16(12)25-17/h4,7-10H,5H2,1-2H3,(H2,20,22)(H,23,26)(H,21,24,25)/t10-/m0/s1. The van der Waals surface area contributed by atoms with Crippen LogP contribution in [0.15, 0.2) is 24.5 Å². The lowest BCUT2D eigenvalue weighted by atomic mass is 10.2. The molecule has 0 unspecified atom stereocenters. The summed E-state index contributed by atoms with van der Waals surface area (Å²) in [5.41, 5.74) is 7.39. The van der Waals surface area contributed by atoms with E-state index in [0.29, 0.717) is 33.9 Å². The molecule has 27 heavy (non-hydrogen) atoms. The number of nitrogens with zero attached hydrogens (tertiary/aromatic N) is 3. The van der Waals surface area contributed by atoms with E-state index >= 15 is 0 Å². The minimum absolute atomic E-state index is 0.200. The zero-order valence-electron chi connectivity index (χ0n) is 14.7. The summed E-state index contributed by atoms with van der Waals surface area (Å²) in [4.78, 5) is 27.5. The normalized spacial score (nSPS) is 11.5. The van der Waals surface area contributed by atoms with Crippen molar-refractivity contribution in [1.29, 1.82) is 0 Å². The maximum atomic E-state index is 12.3. The number of nitrogen functional groups attached to an aromatic ring is 1. The number of nitrogens with one attached hydrogen (secondary N) is 2. The van der Waals surface area contributed by atoms with Gasteiger partial charge in [-0.2, -0.15) is 0 Å². The number of halogens is 1. The third kappa shape index (κ3) is 4.10. The largest absolute Gasteiger partial charge is 0.491 e. The average Bonchev–Trinajstić information content (AvgIpc) is 3.08. The van der Waals surface area contributed by atoms with Crippen molar-refractivity contribution in [2.24, 2.45) is 0 Å². The number of anilines is 1. The van der Waals surface area contributed by atoms with Crippen LogP contribution >= 0.6 is 11.6 Å². The van der Waals surface area contributed by atoms with Crippen molar-refractivity contribution < 1.29 is 9.53 Å². The molecule has 0 aliphatic carbocycles. The lowest BCUT2D eigenvalue weighted by Gasteiger charge is -2.09. The molecule has 0 bridgehead atoms. The Balaban J connectivity index is 1.64. The van der Waals surface area contributed by atoms with Crippen LogP contribution in [0.2, 0.25) is 5.02 Å². The molecule has 0 spiro atoms.